The Kier molecular flexibility index (Phi) is 5.11. The first-order chi connectivity index (χ1) is 7.74. The van der Waals surface area contributed by atoms with E-state index in [1.807, 2.05) is 0 Å². The molecule has 0 saturated heterocycles. The topological polar surface area (TPSA) is 71.3 Å². The number of hydrogen-bond acceptors (Lipinski definition) is 3. The van der Waals surface area contributed by atoms with Gasteiger partial charge in [0, 0.05) is 19.5 Å². The number of carbonyl (C=O) groups excluding carboxylic acids is 2. The Morgan fingerprint density at radius 2 is 2.06 bits per heavy atom. The molecule has 0 aliphatic rings. The molecule has 2 N–H and O–H groups in total. The van der Waals surface area contributed by atoms with Crippen LogP contribution in [0.3, 0.4) is 0 Å². The van der Waals surface area contributed by atoms with Crippen LogP contribution >= 0.6 is 0 Å². The monoisotopic (exact) mass is 224 g/mol. The normalized spacial score (nSPS) is 9.81. The summed E-state index contributed by atoms with van der Waals surface area (Å²) in [6, 6.07) is 3.27. The predicted octanol–water partition coefficient (Wildman–Crippen LogP) is 0.926. The molecule has 0 saturated carbocycles. The Balaban J connectivity index is 2.08. The maximum atomic E-state index is 11.4. The molecule has 1 aromatic heterocycles. The third-order valence-electron chi connectivity index (χ3n) is 2.03. The van der Waals surface area contributed by atoms with Gasteiger partial charge in [-0.2, -0.15) is 0 Å². The van der Waals surface area contributed by atoms with Gasteiger partial charge in [-0.15, -0.1) is 0 Å². The lowest BCUT2D eigenvalue weighted by molar-refractivity contribution is -0.120. The number of amides is 2. The molecule has 1 aromatic rings. The van der Waals surface area contributed by atoms with Gasteiger partial charge in [0.2, 0.25) is 5.91 Å². The molecule has 1 rings (SSSR count). The van der Waals surface area contributed by atoms with Crippen LogP contribution in [-0.4, -0.2) is 24.9 Å². The van der Waals surface area contributed by atoms with Crippen LogP contribution in [0.15, 0.2) is 22.8 Å². The molecule has 0 spiro atoms. The third-order valence-corrected chi connectivity index (χ3v) is 2.03. The van der Waals surface area contributed by atoms with E-state index in [0.717, 1.165) is 0 Å². The van der Waals surface area contributed by atoms with Gasteiger partial charge in [-0.25, -0.2) is 0 Å². The van der Waals surface area contributed by atoms with Gasteiger partial charge in [0.05, 0.1) is 6.26 Å². The molecule has 0 radical (unpaired) electrons. The van der Waals surface area contributed by atoms with Gasteiger partial charge in [0.15, 0.2) is 5.76 Å². The van der Waals surface area contributed by atoms with E-state index in [-0.39, 0.29) is 11.8 Å². The van der Waals surface area contributed by atoms with Crippen molar-refractivity contribution in [3.63, 3.8) is 0 Å². The molecule has 0 aliphatic carbocycles. The van der Waals surface area contributed by atoms with Crippen molar-refractivity contribution in [2.45, 2.75) is 19.8 Å². The molecule has 0 aromatic carbocycles. The highest BCUT2D eigenvalue weighted by molar-refractivity contribution is 5.91. The van der Waals surface area contributed by atoms with Crippen molar-refractivity contribution in [3.05, 3.63) is 24.2 Å². The van der Waals surface area contributed by atoms with Crippen molar-refractivity contribution in [2.24, 2.45) is 0 Å². The van der Waals surface area contributed by atoms with Crippen LogP contribution in [0.5, 0.6) is 0 Å². The van der Waals surface area contributed by atoms with Crippen molar-refractivity contribution in [3.8, 4) is 0 Å². The summed E-state index contributed by atoms with van der Waals surface area (Å²) in [7, 11) is 0. The number of carbonyl (C=O) groups is 2. The van der Waals surface area contributed by atoms with Crippen molar-refractivity contribution in [2.75, 3.05) is 13.1 Å². The fraction of sp³-hybridized carbons (Fsp3) is 0.455. The summed E-state index contributed by atoms with van der Waals surface area (Å²) in [5, 5.41) is 5.42. The van der Waals surface area contributed by atoms with Gasteiger partial charge in [0.1, 0.15) is 0 Å². The quantitative estimate of drug-likeness (QED) is 0.706. The summed E-state index contributed by atoms with van der Waals surface area (Å²) in [6.07, 6.45) is 2.65. The molecule has 5 heteroatoms. The second-order valence-corrected chi connectivity index (χ2v) is 3.29. The van der Waals surface area contributed by atoms with E-state index in [9.17, 15) is 9.59 Å². The molecule has 0 fully saturated rings. The molecular formula is C11H16N2O3. The molecule has 2 amide bonds. The Labute approximate surface area is 94.2 Å². The summed E-state index contributed by atoms with van der Waals surface area (Å²) in [4.78, 5) is 22.2. The van der Waals surface area contributed by atoms with Gasteiger partial charge in [0.25, 0.3) is 5.91 Å². The number of hydrogen-bond donors (Lipinski definition) is 2. The average molecular weight is 224 g/mol. The van der Waals surface area contributed by atoms with E-state index in [1.165, 1.54) is 6.26 Å². The van der Waals surface area contributed by atoms with Crippen LogP contribution in [-0.2, 0) is 4.79 Å². The lowest BCUT2D eigenvalue weighted by atomic mass is 10.3. The third kappa shape index (κ3) is 4.16. The number of nitrogens with one attached hydrogen (secondary N) is 2. The smallest absolute Gasteiger partial charge is 0.286 e. The van der Waals surface area contributed by atoms with Crippen molar-refractivity contribution in [1.82, 2.24) is 10.6 Å². The number of furan rings is 1. The SMILES string of the molecule is CCC(=O)NCCCNC(=O)c1ccco1. The molecule has 88 valence electrons. The first-order valence-electron chi connectivity index (χ1n) is 5.32. The van der Waals surface area contributed by atoms with Gasteiger partial charge in [-0.05, 0) is 18.6 Å². The van der Waals surface area contributed by atoms with E-state index in [2.05, 4.69) is 10.6 Å². The minimum absolute atomic E-state index is 0.0253. The largest absolute Gasteiger partial charge is 0.459 e. The van der Waals surface area contributed by atoms with Gasteiger partial charge < -0.3 is 15.1 Å². The van der Waals surface area contributed by atoms with Crippen LogP contribution < -0.4 is 10.6 Å². The van der Waals surface area contributed by atoms with Crippen LogP contribution in [0.4, 0.5) is 0 Å². The lowest BCUT2D eigenvalue weighted by Gasteiger charge is -2.04. The van der Waals surface area contributed by atoms with Gasteiger partial charge in [-0.1, -0.05) is 6.92 Å². The maximum absolute atomic E-state index is 11.4. The average Bonchev–Trinajstić information content (AvgIpc) is 2.81. The summed E-state index contributed by atoms with van der Waals surface area (Å²) < 4.78 is 4.93. The highest BCUT2D eigenvalue weighted by Gasteiger charge is 2.06. The highest BCUT2D eigenvalue weighted by Crippen LogP contribution is 1.98. The highest BCUT2D eigenvalue weighted by atomic mass is 16.3. The lowest BCUT2D eigenvalue weighted by Crippen LogP contribution is -2.29. The van der Waals surface area contributed by atoms with Crippen molar-refractivity contribution >= 4 is 11.8 Å². The fourth-order valence-corrected chi connectivity index (χ4v) is 1.14. The Morgan fingerprint density at radius 3 is 2.69 bits per heavy atom. The summed E-state index contributed by atoms with van der Waals surface area (Å²) in [5.41, 5.74) is 0. The molecule has 0 atom stereocenters. The zero-order valence-corrected chi connectivity index (χ0v) is 9.29. The summed E-state index contributed by atoms with van der Waals surface area (Å²) >= 11 is 0. The second-order valence-electron chi connectivity index (χ2n) is 3.29. The summed E-state index contributed by atoms with van der Waals surface area (Å²) in [5.74, 6) is 0.0989. The Hall–Kier alpha value is -1.78. The predicted molar refractivity (Wildman–Crippen MR) is 59.0 cm³/mol. The standard InChI is InChI=1S/C11H16N2O3/c1-2-10(14)12-6-4-7-13-11(15)9-5-3-8-16-9/h3,5,8H,2,4,6-7H2,1H3,(H,12,14)(H,13,15). The first kappa shape index (κ1) is 12.3. The minimum atomic E-state index is -0.230. The van der Waals surface area contributed by atoms with Crippen LogP contribution in [0, 0.1) is 0 Å². The maximum Gasteiger partial charge on any atom is 0.286 e. The van der Waals surface area contributed by atoms with E-state index < -0.39 is 0 Å². The summed E-state index contributed by atoms with van der Waals surface area (Å²) in [6.45, 7) is 2.89. The van der Waals surface area contributed by atoms with Crippen LogP contribution in [0.2, 0.25) is 0 Å². The second kappa shape index (κ2) is 6.66. The first-order valence-corrected chi connectivity index (χ1v) is 5.32. The van der Waals surface area contributed by atoms with Crippen molar-refractivity contribution in [1.29, 1.82) is 0 Å². The Morgan fingerprint density at radius 1 is 1.31 bits per heavy atom. The van der Waals surface area contributed by atoms with E-state index in [4.69, 9.17) is 4.42 Å². The fourth-order valence-electron chi connectivity index (χ4n) is 1.14. The molecule has 0 bridgehead atoms. The molecule has 0 unspecified atom stereocenters. The van der Waals surface area contributed by atoms with E-state index in [0.29, 0.717) is 31.7 Å². The van der Waals surface area contributed by atoms with E-state index in [1.54, 1.807) is 19.1 Å². The Bertz CT molecular complexity index is 333. The zero-order chi connectivity index (χ0) is 11.8. The molecular weight excluding hydrogens is 208 g/mol. The van der Waals surface area contributed by atoms with Crippen molar-refractivity contribution < 1.29 is 14.0 Å². The van der Waals surface area contributed by atoms with Crippen LogP contribution in [0.1, 0.15) is 30.3 Å². The van der Waals surface area contributed by atoms with Gasteiger partial charge in [-0.3, -0.25) is 9.59 Å². The van der Waals surface area contributed by atoms with Crippen LogP contribution in [0.25, 0.3) is 0 Å². The minimum Gasteiger partial charge on any atom is -0.459 e. The molecule has 16 heavy (non-hydrogen) atoms. The molecule has 1 heterocycles. The molecule has 0 aliphatic heterocycles. The molecule has 5 nitrogen and oxygen atoms in total. The zero-order valence-electron chi connectivity index (χ0n) is 9.29. The van der Waals surface area contributed by atoms with Gasteiger partial charge >= 0.3 is 0 Å². The van der Waals surface area contributed by atoms with E-state index >= 15 is 0 Å². The number of rotatable bonds is 6.